The quantitative estimate of drug-likeness (QED) is 0.390. The summed E-state index contributed by atoms with van der Waals surface area (Å²) in [6.07, 6.45) is 1.54. The first-order valence-electron chi connectivity index (χ1n) is 9.61. The molecule has 1 N–H and O–H groups in total. The van der Waals surface area contributed by atoms with Gasteiger partial charge in [0.25, 0.3) is 11.7 Å². The highest BCUT2D eigenvalue weighted by molar-refractivity contribution is 6.43. The van der Waals surface area contributed by atoms with Crippen molar-refractivity contribution in [1.29, 1.82) is 0 Å². The number of nitrogens with zero attached hydrogens (tertiary/aromatic N) is 2. The Bertz CT molecular complexity index is 1160. The normalized spacial score (nSPS) is 11.8. The minimum Gasteiger partial charge on any atom is -0.467 e. The third-order valence-corrected chi connectivity index (χ3v) is 4.96. The fourth-order valence-electron chi connectivity index (χ4n) is 3.52. The number of amides is 1. The second kappa shape index (κ2) is 8.21. The maximum absolute atomic E-state index is 13.1. The van der Waals surface area contributed by atoms with E-state index in [1.807, 2.05) is 60.7 Å². The molecule has 30 heavy (non-hydrogen) atoms. The molecule has 2 heterocycles. The number of nitrogens with one attached hydrogen (secondary N) is 1. The molecule has 0 bridgehead atoms. The molecule has 0 aliphatic carbocycles. The van der Waals surface area contributed by atoms with Crippen LogP contribution in [0.5, 0.6) is 0 Å². The van der Waals surface area contributed by atoms with E-state index in [0.717, 1.165) is 11.3 Å². The fourth-order valence-corrected chi connectivity index (χ4v) is 3.52. The van der Waals surface area contributed by atoms with Gasteiger partial charge in [-0.1, -0.05) is 48.5 Å². The molecular formula is C24H21N3O3. The molecule has 150 valence electrons. The minimum atomic E-state index is -0.709. The molecule has 4 rings (SSSR count). The van der Waals surface area contributed by atoms with Crippen molar-refractivity contribution >= 4 is 11.7 Å². The summed E-state index contributed by atoms with van der Waals surface area (Å²) in [6.45, 7) is 3.52. The van der Waals surface area contributed by atoms with E-state index in [0.29, 0.717) is 22.7 Å². The summed E-state index contributed by atoms with van der Waals surface area (Å²) in [5, 5.41) is 7.29. The van der Waals surface area contributed by atoms with Gasteiger partial charge in [-0.2, -0.15) is 5.10 Å². The third-order valence-electron chi connectivity index (χ3n) is 4.96. The molecule has 6 nitrogen and oxygen atoms in total. The zero-order valence-corrected chi connectivity index (χ0v) is 16.7. The Labute approximate surface area is 174 Å². The van der Waals surface area contributed by atoms with Gasteiger partial charge in [0.1, 0.15) is 11.8 Å². The van der Waals surface area contributed by atoms with Crippen molar-refractivity contribution in [2.45, 2.75) is 19.9 Å². The van der Waals surface area contributed by atoms with Crippen LogP contribution in [0.1, 0.15) is 39.1 Å². The molecule has 0 aliphatic heterocycles. The zero-order valence-electron chi connectivity index (χ0n) is 16.7. The van der Waals surface area contributed by atoms with Crippen molar-refractivity contribution in [3.05, 3.63) is 107 Å². The Morgan fingerprint density at radius 1 is 0.933 bits per heavy atom. The Hall–Kier alpha value is -3.93. The van der Waals surface area contributed by atoms with Crippen molar-refractivity contribution in [3.63, 3.8) is 0 Å². The first kappa shape index (κ1) is 19.4. The van der Waals surface area contributed by atoms with Crippen molar-refractivity contribution < 1.29 is 14.0 Å². The van der Waals surface area contributed by atoms with Crippen molar-refractivity contribution in [1.82, 2.24) is 15.1 Å². The highest BCUT2D eigenvalue weighted by Crippen LogP contribution is 2.23. The van der Waals surface area contributed by atoms with Gasteiger partial charge >= 0.3 is 0 Å². The molecular weight excluding hydrogens is 378 g/mol. The number of Topliss-reactive ketones (excluding diaryl/α,β-unsaturated/α-hetero) is 1. The van der Waals surface area contributed by atoms with Gasteiger partial charge in [0.2, 0.25) is 0 Å². The van der Waals surface area contributed by atoms with Gasteiger partial charge in [0, 0.05) is 0 Å². The largest absolute Gasteiger partial charge is 0.467 e. The smallest absolute Gasteiger partial charge is 0.293 e. The van der Waals surface area contributed by atoms with Gasteiger partial charge in [-0.25, -0.2) is 4.68 Å². The first-order chi connectivity index (χ1) is 14.6. The van der Waals surface area contributed by atoms with Crippen LogP contribution in [0.25, 0.3) is 5.69 Å². The molecule has 0 saturated carbocycles. The molecule has 1 amide bonds. The van der Waals surface area contributed by atoms with Gasteiger partial charge in [0.05, 0.1) is 28.9 Å². The summed E-state index contributed by atoms with van der Waals surface area (Å²) in [4.78, 5) is 26.0. The van der Waals surface area contributed by atoms with Gasteiger partial charge in [0.15, 0.2) is 0 Å². The maximum atomic E-state index is 13.1. The predicted octanol–water partition coefficient (Wildman–Crippen LogP) is 4.17. The molecule has 0 spiro atoms. The number of benzene rings is 2. The van der Waals surface area contributed by atoms with Gasteiger partial charge < -0.3 is 9.73 Å². The number of para-hydroxylation sites is 1. The number of rotatable bonds is 6. The second-order valence-electron chi connectivity index (χ2n) is 6.95. The summed E-state index contributed by atoms with van der Waals surface area (Å²) >= 11 is 0. The number of hydrogen-bond donors (Lipinski definition) is 1. The fraction of sp³-hybridized carbons (Fsp3) is 0.125. The average Bonchev–Trinajstić information content (AvgIpc) is 3.40. The highest BCUT2D eigenvalue weighted by Gasteiger charge is 2.28. The Kier molecular flexibility index (Phi) is 5.30. The van der Waals surface area contributed by atoms with Crippen molar-refractivity contribution in [3.8, 4) is 5.69 Å². The van der Waals surface area contributed by atoms with Crippen LogP contribution in [0.15, 0.2) is 83.5 Å². The van der Waals surface area contributed by atoms with Crippen LogP contribution < -0.4 is 5.32 Å². The lowest BCUT2D eigenvalue weighted by molar-refractivity contribution is -0.117. The summed E-state index contributed by atoms with van der Waals surface area (Å²) in [7, 11) is 0. The van der Waals surface area contributed by atoms with Crippen molar-refractivity contribution in [2.24, 2.45) is 0 Å². The Morgan fingerprint density at radius 3 is 2.23 bits per heavy atom. The lowest BCUT2D eigenvalue weighted by atomic mass is 10.0. The molecule has 0 fully saturated rings. The van der Waals surface area contributed by atoms with Crippen LogP contribution in [0.2, 0.25) is 0 Å². The number of furan rings is 1. The lowest BCUT2D eigenvalue weighted by Crippen LogP contribution is -2.35. The molecule has 0 saturated heterocycles. The zero-order chi connectivity index (χ0) is 21.1. The van der Waals surface area contributed by atoms with E-state index in [9.17, 15) is 9.59 Å². The van der Waals surface area contributed by atoms with Crippen LogP contribution in [0, 0.1) is 13.8 Å². The molecule has 6 heteroatoms. The molecule has 1 unspecified atom stereocenters. The number of carbonyl (C=O) groups is 2. The third kappa shape index (κ3) is 3.67. The summed E-state index contributed by atoms with van der Waals surface area (Å²) in [6, 6.07) is 21.8. The van der Waals surface area contributed by atoms with Crippen LogP contribution in [0.3, 0.4) is 0 Å². The van der Waals surface area contributed by atoms with E-state index in [4.69, 9.17) is 4.42 Å². The van der Waals surface area contributed by atoms with Crippen LogP contribution in [0.4, 0.5) is 0 Å². The van der Waals surface area contributed by atoms with Crippen LogP contribution >= 0.6 is 0 Å². The van der Waals surface area contributed by atoms with Gasteiger partial charge in [-0.05, 0) is 43.7 Å². The monoisotopic (exact) mass is 399 g/mol. The number of ketones is 1. The molecule has 0 radical (unpaired) electrons. The number of carbonyl (C=O) groups excluding carboxylic acids is 2. The highest BCUT2D eigenvalue weighted by atomic mass is 16.3. The Balaban J connectivity index is 1.64. The molecule has 1 atom stereocenters. The topological polar surface area (TPSA) is 77.1 Å². The van der Waals surface area contributed by atoms with Crippen LogP contribution in [-0.4, -0.2) is 21.5 Å². The summed E-state index contributed by atoms with van der Waals surface area (Å²) < 4.78 is 7.18. The predicted molar refractivity (Wildman–Crippen MR) is 113 cm³/mol. The second-order valence-corrected chi connectivity index (χ2v) is 6.95. The SMILES string of the molecule is Cc1nn(-c2ccccc2)c(C)c1C(=O)C(=O)NC(c1ccccc1)c1ccco1. The Morgan fingerprint density at radius 2 is 1.60 bits per heavy atom. The number of aromatic nitrogens is 2. The molecule has 2 aromatic heterocycles. The summed E-state index contributed by atoms with van der Waals surface area (Å²) in [5.41, 5.74) is 3.08. The lowest BCUT2D eigenvalue weighted by Gasteiger charge is -2.16. The van der Waals surface area contributed by atoms with E-state index in [-0.39, 0.29) is 0 Å². The first-order valence-corrected chi connectivity index (χ1v) is 9.61. The molecule has 4 aromatic rings. The maximum Gasteiger partial charge on any atom is 0.293 e. The standard InChI is InChI=1S/C24H21N3O3/c1-16-21(17(2)27(26-16)19-12-7-4-8-13-19)23(28)24(29)25-22(20-14-9-15-30-20)18-10-5-3-6-11-18/h3-15,22H,1-2H3,(H,25,29). The summed E-state index contributed by atoms with van der Waals surface area (Å²) in [5.74, 6) is -0.783. The number of aryl methyl sites for hydroxylation is 1. The molecule has 2 aromatic carbocycles. The van der Waals surface area contributed by atoms with Gasteiger partial charge in [-0.3, -0.25) is 9.59 Å². The number of hydrogen-bond acceptors (Lipinski definition) is 4. The van der Waals surface area contributed by atoms with Crippen LogP contribution in [-0.2, 0) is 4.79 Å². The average molecular weight is 399 g/mol. The van der Waals surface area contributed by atoms with E-state index >= 15 is 0 Å². The van der Waals surface area contributed by atoms with Crippen molar-refractivity contribution in [2.75, 3.05) is 0 Å². The van der Waals surface area contributed by atoms with E-state index in [1.54, 1.807) is 30.7 Å². The van der Waals surface area contributed by atoms with E-state index in [2.05, 4.69) is 10.4 Å². The van der Waals surface area contributed by atoms with E-state index < -0.39 is 17.7 Å². The van der Waals surface area contributed by atoms with Gasteiger partial charge in [-0.15, -0.1) is 0 Å². The molecule has 0 aliphatic rings. The van der Waals surface area contributed by atoms with E-state index in [1.165, 1.54) is 6.26 Å². The minimum absolute atomic E-state index is 0.308.